The molecule has 0 radical (unpaired) electrons. The van der Waals surface area contributed by atoms with Crippen molar-refractivity contribution < 1.29 is 18.7 Å². The van der Waals surface area contributed by atoms with E-state index in [2.05, 4.69) is 15.6 Å². The van der Waals surface area contributed by atoms with Crippen LogP contribution in [-0.2, 0) is 9.53 Å². The molecule has 1 aromatic carbocycles. The van der Waals surface area contributed by atoms with E-state index in [-0.39, 0.29) is 17.8 Å². The van der Waals surface area contributed by atoms with Crippen LogP contribution in [0, 0.1) is 5.82 Å². The molecule has 2 heterocycles. The Hall–Kier alpha value is -2.51. The number of nitrogens with one attached hydrogen (secondary N) is 2. The fourth-order valence-corrected chi connectivity index (χ4v) is 2.32. The van der Waals surface area contributed by atoms with Crippen molar-refractivity contribution in [1.29, 1.82) is 0 Å². The zero-order valence-electron chi connectivity index (χ0n) is 13.0. The zero-order valence-corrected chi connectivity index (χ0v) is 13.0. The van der Waals surface area contributed by atoms with Crippen LogP contribution >= 0.6 is 0 Å². The number of aromatic nitrogens is 1. The molecule has 0 bridgehead atoms. The molecule has 0 spiro atoms. The first-order valence-corrected chi connectivity index (χ1v) is 7.69. The zero-order chi connectivity index (χ0) is 16.8. The van der Waals surface area contributed by atoms with Gasteiger partial charge in [-0.1, -0.05) is 0 Å². The molecule has 24 heavy (non-hydrogen) atoms. The van der Waals surface area contributed by atoms with E-state index in [0.29, 0.717) is 37.0 Å². The van der Waals surface area contributed by atoms with Crippen molar-refractivity contribution in [2.24, 2.45) is 0 Å². The minimum absolute atomic E-state index is 0.0350. The van der Waals surface area contributed by atoms with Gasteiger partial charge in [-0.2, -0.15) is 0 Å². The van der Waals surface area contributed by atoms with E-state index in [1.54, 1.807) is 12.1 Å². The van der Waals surface area contributed by atoms with Crippen LogP contribution in [0.25, 0.3) is 0 Å². The summed E-state index contributed by atoms with van der Waals surface area (Å²) in [5, 5.41) is 6.01. The van der Waals surface area contributed by atoms with Gasteiger partial charge < -0.3 is 20.1 Å². The lowest BCUT2D eigenvalue weighted by Crippen LogP contribution is -2.43. The van der Waals surface area contributed by atoms with E-state index in [4.69, 9.17) is 9.47 Å². The number of pyridine rings is 1. The van der Waals surface area contributed by atoms with Crippen molar-refractivity contribution in [2.45, 2.75) is 12.5 Å². The van der Waals surface area contributed by atoms with Gasteiger partial charge in [0, 0.05) is 25.1 Å². The fraction of sp³-hybridized carbons (Fsp3) is 0.294. The van der Waals surface area contributed by atoms with E-state index in [1.165, 1.54) is 30.5 Å². The largest absolute Gasteiger partial charge is 0.439 e. The molecule has 0 aliphatic carbocycles. The van der Waals surface area contributed by atoms with Crippen LogP contribution in [0.2, 0.25) is 0 Å². The first-order valence-electron chi connectivity index (χ1n) is 7.69. The highest BCUT2D eigenvalue weighted by molar-refractivity contribution is 5.90. The fourth-order valence-electron chi connectivity index (χ4n) is 2.32. The first kappa shape index (κ1) is 16.4. The Morgan fingerprint density at radius 3 is 2.83 bits per heavy atom. The maximum absolute atomic E-state index is 12.8. The van der Waals surface area contributed by atoms with Gasteiger partial charge in [-0.15, -0.1) is 0 Å². The van der Waals surface area contributed by atoms with E-state index in [9.17, 15) is 9.18 Å². The number of carbonyl (C=O) groups is 1. The summed E-state index contributed by atoms with van der Waals surface area (Å²) in [4.78, 5) is 16.1. The lowest BCUT2D eigenvalue weighted by atomic mass is 10.2. The number of amides is 1. The molecule has 1 fully saturated rings. The minimum atomic E-state index is -0.328. The molecule has 7 heteroatoms. The molecular formula is C17H18FN3O3. The molecule has 6 nitrogen and oxygen atoms in total. The summed E-state index contributed by atoms with van der Waals surface area (Å²) in [6.07, 6.45) is 1.86. The molecule has 126 valence electrons. The number of ether oxygens (including phenoxy) is 2. The lowest BCUT2D eigenvalue weighted by Gasteiger charge is -2.23. The van der Waals surface area contributed by atoms with E-state index >= 15 is 0 Å². The molecular weight excluding hydrogens is 313 g/mol. The molecule has 3 rings (SSSR count). The van der Waals surface area contributed by atoms with Crippen LogP contribution in [0.3, 0.4) is 0 Å². The van der Waals surface area contributed by atoms with Crippen molar-refractivity contribution in [2.75, 3.05) is 25.1 Å². The summed E-state index contributed by atoms with van der Waals surface area (Å²) in [6, 6.07) is 9.04. The Bertz CT molecular complexity index is 670. The molecule has 1 aromatic heterocycles. The number of anilines is 1. The van der Waals surface area contributed by atoms with Crippen molar-refractivity contribution in [1.82, 2.24) is 10.3 Å². The predicted molar refractivity (Wildman–Crippen MR) is 86.6 cm³/mol. The summed E-state index contributed by atoms with van der Waals surface area (Å²) >= 11 is 0. The third-order valence-corrected chi connectivity index (χ3v) is 3.49. The van der Waals surface area contributed by atoms with E-state index in [0.717, 1.165) is 6.54 Å². The lowest BCUT2D eigenvalue weighted by molar-refractivity contribution is -0.117. The Kier molecular flexibility index (Phi) is 5.35. The maximum atomic E-state index is 12.8. The molecule has 1 aliphatic rings. The second-order valence-corrected chi connectivity index (χ2v) is 5.42. The highest BCUT2D eigenvalue weighted by Crippen LogP contribution is 2.20. The average Bonchev–Trinajstić information content (AvgIpc) is 2.59. The van der Waals surface area contributed by atoms with Crippen molar-refractivity contribution in [3.05, 3.63) is 48.4 Å². The number of carbonyl (C=O) groups excluding carboxylic acids is 1. The second kappa shape index (κ2) is 7.85. The molecule has 2 aromatic rings. The normalized spacial score (nSPS) is 17.3. The molecule has 1 saturated heterocycles. The molecule has 2 N–H and O–H groups in total. The molecule has 1 amide bonds. The van der Waals surface area contributed by atoms with Crippen molar-refractivity contribution in [3.63, 3.8) is 0 Å². The van der Waals surface area contributed by atoms with Crippen LogP contribution in [0.5, 0.6) is 11.6 Å². The number of rotatable bonds is 5. The van der Waals surface area contributed by atoms with Gasteiger partial charge >= 0.3 is 0 Å². The van der Waals surface area contributed by atoms with E-state index in [1.807, 2.05) is 0 Å². The van der Waals surface area contributed by atoms with Crippen LogP contribution in [-0.4, -0.2) is 36.7 Å². The highest BCUT2D eigenvalue weighted by Gasteiger charge is 2.16. The van der Waals surface area contributed by atoms with Crippen LogP contribution in [0.1, 0.15) is 6.42 Å². The second-order valence-electron chi connectivity index (χ2n) is 5.42. The standard InChI is InChI=1S/C17H18FN3O3/c18-12-1-4-15(5-2-12)24-17-6-3-13(10-20-17)21-16(22)9-14-11-23-8-7-19-14/h1-6,10,14,19H,7-9,11H2,(H,21,22). The van der Waals surface area contributed by atoms with Gasteiger partial charge in [-0.25, -0.2) is 9.37 Å². The third-order valence-electron chi connectivity index (χ3n) is 3.49. The van der Waals surface area contributed by atoms with E-state index < -0.39 is 0 Å². The number of halogens is 1. The summed E-state index contributed by atoms with van der Waals surface area (Å²) < 4.78 is 23.7. The van der Waals surface area contributed by atoms with Gasteiger partial charge in [0.05, 0.1) is 25.1 Å². The topological polar surface area (TPSA) is 72.5 Å². The predicted octanol–water partition coefficient (Wildman–Crippen LogP) is 2.33. The Balaban J connectivity index is 1.52. The highest BCUT2D eigenvalue weighted by atomic mass is 19.1. The van der Waals surface area contributed by atoms with Crippen LogP contribution < -0.4 is 15.4 Å². The van der Waals surface area contributed by atoms with Gasteiger partial charge in [-0.05, 0) is 30.3 Å². The number of hydrogen-bond donors (Lipinski definition) is 2. The first-order chi connectivity index (χ1) is 11.7. The quantitative estimate of drug-likeness (QED) is 0.880. The smallest absolute Gasteiger partial charge is 0.226 e. The summed E-state index contributed by atoms with van der Waals surface area (Å²) in [7, 11) is 0. The summed E-state index contributed by atoms with van der Waals surface area (Å²) in [5.74, 6) is 0.421. The number of nitrogens with zero attached hydrogens (tertiary/aromatic N) is 1. The minimum Gasteiger partial charge on any atom is -0.439 e. The molecule has 0 saturated carbocycles. The van der Waals surface area contributed by atoms with Gasteiger partial charge in [0.15, 0.2) is 0 Å². The molecule has 1 aliphatic heterocycles. The average molecular weight is 331 g/mol. The van der Waals surface area contributed by atoms with Crippen molar-refractivity contribution >= 4 is 11.6 Å². The molecule has 1 atom stereocenters. The maximum Gasteiger partial charge on any atom is 0.226 e. The van der Waals surface area contributed by atoms with Crippen molar-refractivity contribution in [3.8, 4) is 11.6 Å². The van der Waals surface area contributed by atoms with Crippen LogP contribution in [0.15, 0.2) is 42.6 Å². The Morgan fingerprint density at radius 1 is 1.33 bits per heavy atom. The number of morpholine rings is 1. The Labute approximate surface area is 139 Å². The van der Waals surface area contributed by atoms with Gasteiger partial charge in [0.1, 0.15) is 11.6 Å². The summed E-state index contributed by atoms with van der Waals surface area (Å²) in [5.41, 5.74) is 0.586. The monoisotopic (exact) mass is 331 g/mol. The van der Waals surface area contributed by atoms with Gasteiger partial charge in [0.25, 0.3) is 0 Å². The third kappa shape index (κ3) is 4.74. The number of hydrogen-bond acceptors (Lipinski definition) is 5. The van der Waals surface area contributed by atoms with Crippen LogP contribution in [0.4, 0.5) is 10.1 Å². The summed E-state index contributed by atoms with van der Waals surface area (Å²) in [6.45, 7) is 1.97. The number of benzene rings is 1. The SMILES string of the molecule is O=C(CC1COCCN1)Nc1ccc(Oc2ccc(F)cc2)nc1. The Morgan fingerprint density at radius 2 is 2.17 bits per heavy atom. The van der Waals surface area contributed by atoms with Gasteiger partial charge in [0.2, 0.25) is 11.8 Å². The molecule has 1 unspecified atom stereocenters. The van der Waals surface area contributed by atoms with Gasteiger partial charge in [-0.3, -0.25) is 4.79 Å².